The minimum Gasteiger partial charge on any atom is -0.483 e. The second-order valence-corrected chi connectivity index (χ2v) is 13.1. The van der Waals surface area contributed by atoms with Crippen molar-refractivity contribution in [2.45, 2.75) is 51.0 Å². The second kappa shape index (κ2) is 11.5. The summed E-state index contributed by atoms with van der Waals surface area (Å²) in [5.41, 5.74) is 7.66. The molecule has 5 nitrogen and oxygen atoms in total. The highest BCUT2D eigenvalue weighted by Gasteiger charge is 2.32. The van der Waals surface area contributed by atoms with E-state index in [9.17, 15) is 9.90 Å². The number of pyridine rings is 1. The van der Waals surface area contributed by atoms with Crippen LogP contribution < -0.4 is 4.74 Å². The van der Waals surface area contributed by atoms with E-state index in [1.165, 1.54) is 0 Å². The van der Waals surface area contributed by atoms with E-state index in [-0.39, 0.29) is 6.10 Å². The van der Waals surface area contributed by atoms with Gasteiger partial charge in [0.25, 0.3) is 0 Å². The van der Waals surface area contributed by atoms with Gasteiger partial charge in [-0.1, -0.05) is 54.1 Å². The molecular weight excluding hydrogens is 564 g/mol. The summed E-state index contributed by atoms with van der Waals surface area (Å²) in [5.74, 6) is 0.952. The molecule has 3 aromatic carbocycles. The van der Waals surface area contributed by atoms with E-state index >= 15 is 0 Å². The van der Waals surface area contributed by atoms with Crippen molar-refractivity contribution in [2.24, 2.45) is 5.41 Å². The zero-order valence-electron chi connectivity index (χ0n) is 23.9. The molecule has 0 bridgehead atoms. The fourth-order valence-corrected chi connectivity index (χ4v) is 6.96. The zero-order valence-corrected chi connectivity index (χ0v) is 25.5. The maximum absolute atomic E-state index is 11.9. The first kappa shape index (κ1) is 28.4. The smallest absolute Gasteiger partial charge is 0.309 e. The van der Waals surface area contributed by atoms with Gasteiger partial charge in [-0.2, -0.15) is 0 Å². The highest BCUT2D eigenvalue weighted by Crippen LogP contribution is 2.45. The van der Waals surface area contributed by atoms with Gasteiger partial charge in [-0.25, -0.2) is 0 Å². The Labute approximate surface area is 255 Å². The average molecular weight is 597 g/mol. The molecule has 1 aliphatic heterocycles. The predicted octanol–water partition coefficient (Wildman–Crippen LogP) is 8.86. The Morgan fingerprint density at radius 1 is 1.12 bits per heavy atom. The summed E-state index contributed by atoms with van der Waals surface area (Å²) >= 11 is 7.98. The van der Waals surface area contributed by atoms with E-state index in [1.54, 1.807) is 25.6 Å². The van der Waals surface area contributed by atoms with Crippen molar-refractivity contribution in [3.63, 3.8) is 0 Å². The number of aryl methyl sites for hydroxylation is 2. The van der Waals surface area contributed by atoms with Crippen LogP contribution in [0.1, 0.15) is 48.0 Å². The number of hydrogen-bond acceptors (Lipinski definition) is 4. The lowest BCUT2D eigenvalue weighted by atomic mass is 9.88. The van der Waals surface area contributed by atoms with Crippen LogP contribution in [-0.2, 0) is 24.1 Å². The largest absolute Gasteiger partial charge is 0.483 e. The van der Waals surface area contributed by atoms with Crippen molar-refractivity contribution in [1.82, 2.24) is 9.97 Å². The van der Waals surface area contributed by atoms with Gasteiger partial charge in [0.05, 0.1) is 11.1 Å². The van der Waals surface area contributed by atoms with E-state index in [0.717, 1.165) is 72.9 Å². The number of thioether (sulfide) groups is 1. The van der Waals surface area contributed by atoms with Crippen molar-refractivity contribution in [3.8, 4) is 16.9 Å². The Bertz CT molecular complexity index is 1760. The lowest BCUT2D eigenvalue weighted by Gasteiger charge is -2.24. The molecule has 7 heteroatoms. The number of rotatable bonds is 9. The second-order valence-electron chi connectivity index (χ2n) is 11.6. The number of nitrogens with zero attached hydrogens (tertiary/aromatic N) is 1. The van der Waals surface area contributed by atoms with E-state index < -0.39 is 11.4 Å². The van der Waals surface area contributed by atoms with Gasteiger partial charge in [-0.3, -0.25) is 9.78 Å². The Kier molecular flexibility index (Phi) is 7.77. The number of carboxylic acid groups (broad SMARTS) is 1. The van der Waals surface area contributed by atoms with Gasteiger partial charge in [0.1, 0.15) is 11.9 Å². The molecule has 0 fully saturated rings. The summed E-state index contributed by atoms with van der Waals surface area (Å²) in [6.07, 6.45) is 3.58. The number of aromatic nitrogens is 2. The van der Waals surface area contributed by atoms with E-state index in [2.05, 4.69) is 36.2 Å². The number of aromatic amines is 1. The van der Waals surface area contributed by atoms with Crippen LogP contribution in [0, 0.1) is 12.3 Å². The third kappa shape index (κ3) is 5.66. The molecule has 2 aromatic heterocycles. The van der Waals surface area contributed by atoms with Crippen LogP contribution in [-0.4, -0.2) is 26.8 Å². The van der Waals surface area contributed by atoms with E-state index in [0.29, 0.717) is 17.9 Å². The van der Waals surface area contributed by atoms with E-state index in [4.69, 9.17) is 21.3 Å². The third-order valence-corrected chi connectivity index (χ3v) is 9.40. The monoisotopic (exact) mass is 596 g/mol. The molecule has 0 saturated heterocycles. The lowest BCUT2D eigenvalue weighted by Crippen LogP contribution is -2.26. The number of carboxylic acids is 1. The maximum atomic E-state index is 11.9. The highest BCUT2D eigenvalue weighted by atomic mass is 35.5. The number of carbonyl (C=O) groups is 1. The van der Waals surface area contributed by atoms with E-state index in [1.807, 2.05) is 54.7 Å². The van der Waals surface area contributed by atoms with Crippen molar-refractivity contribution < 1.29 is 14.6 Å². The molecule has 42 heavy (non-hydrogen) atoms. The first-order chi connectivity index (χ1) is 20.2. The van der Waals surface area contributed by atoms with Gasteiger partial charge in [0.15, 0.2) is 0 Å². The predicted molar refractivity (Wildman–Crippen MR) is 171 cm³/mol. The zero-order chi connectivity index (χ0) is 29.4. The summed E-state index contributed by atoms with van der Waals surface area (Å²) in [4.78, 5) is 21.5. The molecule has 1 aliphatic rings. The molecule has 6 rings (SSSR count). The van der Waals surface area contributed by atoms with Gasteiger partial charge in [0.2, 0.25) is 0 Å². The topological polar surface area (TPSA) is 75.2 Å². The van der Waals surface area contributed by atoms with Crippen LogP contribution in [0.4, 0.5) is 0 Å². The van der Waals surface area contributed by atoms with Crippen molar-refractivity contribution in [2.75, 3.05) is 5.75 Å². The van der Waals surface area contributed by atoms with Crippen LogP contribution in [0.2, 0.25) is 5.02 Å². The molecule has 2 N–H and O–H groups in total. The molecule has 1 unspecified atom stereocenters. The molecule has 0 aliphatic carbocycles. The van der Waals surface area contributed by atoms with Crippen molar-refractivity contribution >= 4 is 40.2 Å². The summed E-state index contributed by atoms with van der Waals surface area (Å²) in [6, 6.07) is 24.4. The molecule has 1 atom stereocenters. The number of halogens is 1. The van der Waals surface area contributed by atoms with Gasteiger partial charge >= 0.3 is 5.97 Å². The Hall–Kier alpha value is -3.74. The van der Waals surface area contributed by atoms with Crippen LogP contribution in [0.25, 0.3) is 22.0 Å². The molecule has 0 radical (unpaired) electrons. The molecule has 0 spiro atoms. The fraction of sp³-hybridized carbons (Fsp3) is 0.257. The van der Waals surface area contributed by atoms with Crippen LogP contribution >= 0.6 is 23.4 Å². The fourth-order valence-electron chi connectivity index (χ4n) is 5.65. The van der Waals surface area contributed by atoms with Crippen LogP contribution in [0.3, 0.4) is 0 Å². The summed E-state index contributed by atoms with van der Waals surface area (Å²) < 4.78 is 6.89. The standard InChI is InChI=1S/C35H33ClN2O3S/c1-21-17-28(37-20-26(21)23-7-5-4-6-8-23)31(18-22-9-11-24(36)12-10-22)41-30-14-13-27-32-25(30)15-16-42-33(32)29(38-27)19-35(2,3)34(39)40/h4-14,17,20,31,38H,15-16,18-19H2,1-3H3,(H,39,40). The quantitative estimate of drug-likeness (QED) is 0.178. The molecule has 5 aromatic rings. The molecular formula is C35H33ClN2O3S. The SMILES string of the molecule is Cc1cc(C(Cc2ccc(Cl)cc2)Oc2ccc3[nH]c(CC(C)(C)C(=O)O)c4c3c2CCS4)ncc1-c1ccccc1. The number of benzene rings is 3. The Balaban J connectivity index is 1.39. The third-order valence-electron chi connectivity index (χ3n) is 8.00. The van der Waals surface area contributed by atoms with Crippen molar-refractivity contribution in [3.05, 3.63) is 112 Å². The number of aliphatic carboxylic acids is 1. The van der Waals surface area contributed by atoms with Crippen molar-refractivity contribution in [1.29, 1.82) is 0 Å². The number of nitrogens with one attached hydrogen (secondary N) is 1. The number of ether oxygens (including phenoxy) is 1. The normalized spacial score (nSPS) is 13.7. The highest BCUT2D eigenvalue weighted by molar-refractivity contribution is 7.99. The molecule has 3 heterocycles. The van der Waals surface area contributed by atoms with Gasteiger partial charge in [0, 0.05) is 62.4 Å². The summed E-state index contributed by atoms with van der Waals surface area (Å²) in [6.45, 7) is 5.66. The first-order valence-electron chi connectivity index (χ1n) is 14.2. The molecule has 0 amide bonds. The van der Waals surface area contributed by atoms with Gasteiger partial charge in [-0.15, -0.1) is 11.8 Å². The first-order valence-corrected chi connectivity index (χ1v) is 15.5. The summed E-state index contributed by atoms with van der Waals surface area (Å²) in [7, 11) is 0. The molecule has 214 valence electrons. The maximum Gasteiger partial charge on any atom is 0.309 e. The Morgan fingerprint density at radius 2 is 1.88 bits per heavy atom. The minimum atomic E-state index is -0.867. The number of H-pyrrole nitrogens is 1. The molecule has 0 saturated carbocycles. The van der Waals surface area contributed by atoms with Gasteiger partial charge < -0.3 is 14.8 Å². The minimum absolute atomic E-state index is 0.314. The lowest BCUT2D eigenvalue weighted by molar-refractivity contribution is -0.146. The summed E-state index contributed by atoms with van der Waals surface area (Å²) in [5, 5.41) is 11.6. The van der Waals surface area contributed by atoms with Crippen LogP contribution in [0.5, 0.6) is 5.75 Å². The van der Waals surface area contributed by atoms with Crippen LogP contribution in [0.15, 0.2) is 83.9 Å². The number of hydrogen-bond donors (Lipinski definition) is 2. The average Bonchev–Trinajstić information content (AvgIpc) is 3.33. The van der Waals surface area contributed by atoms with Gasteiger partial charge in [-0.05, 0) is 74.2 Å². The Morgan fingerprint density at radius 3 is 2.60 bits per heavy atom.